The van der Waals surface area contributed by atoms with Gasteiger partial charge in [-0.1, -0.05) is 11.6 Å². The molecule has 0 aromatic heterocycles. The van der Waals surface area contributed by atoms with Crippen LogP contribution in [-0.4, -0.2) is 19.5 Å². The highest BCUT2D eigenvalue weighted by Crippen LogP contribution is 2.33. The van der Waals surface area contributed by atoms with Crippen LogP contribution >= 0.6 is 11.6 Å². The molecule has 0 saturated heterocycles. The Balaban J connectivity index is 2.34. The third-order valence-corrected chi connectivity index (χ3v) is 2.58. The number of aldehydes is 1. The van der Waals surface area contributed by atoms with E-state index in [0.717, 1.165) is 17.7 Å². The van der Waals surface area contributed by atoms with Gasteiger partial charge in [0.25, 0.3) is 0 Å². The Morgan fingerprint density at radius 3 is 2.75 bits per heavy atom. The van der Waals surface area contributed by atoms with Crippen LogP contribution < -0.4 is 9.47 Å². The molecule has 4 heteroatoms. The first-order chi connectivity index (χ1) is 7.81. The first-order valence-electron chi connectivity index (χ1n) is 5.02. The summed E-state index contributed by atoms with van der Waals surface area (Å²) in [7, 11) is 0. The lowest BCUT2D eigenvalue weighted by Gasteiger charge is -2.08. The molecule has 1 heterocycles. The molecule has 0 atom stereocenters. The van der Waals surface area contributed by atoms with Gasteiger partial charge < -0.3 is 9.47 Å². The highest BCUT2D eigenvalue weighted by molar-refractivity contribution is 6.49. The maximum Gasteiger partial charge on any atom is 0.161 e. The molecule has 0 bridgehead atoms. The largest absolute Gasteiger partial charge is 0.490 e. The standard InChI is InChI=1S/C12H11ClO3/c13-10(4-5-14)9-2-3-11-12(8-9)16-7-1-6-15-11/h2-5,8H,1,6-7H2/b10-4+. The van der Waals surface area contributed by atoms with Gasteiger partial charge in [0.1, 0.15) is 6.29 Å². The lowest BCUT2D eigenvalue weighted by atomic mass is 10.2. The van der Waals surface area contributed by atoms with Gasteiger partial charge in [-0.3, -0.25) is 4.79 Å². The maximum atomic E-state index is 10.3. The summed E-state index contributed by atoms with van der Waals surface area (Å²) in [5.41, 5.74) is 0.748. The van der Waals surface area contributed by atoms with Crippen LogP contribution in [0.2, 0.25) is 0 Å². The first kappa shape index (κ1) is 11.0. The van der Waals surface area contributed by atoms with Crippen molar-refractivity contribution in [3.8, 4) is 11.5 Å². The summed E-state index contributed by atoms with van der Waals surface area (Å²) >= 11 is 5.92. The average Bonchev–Trinajstić information content (AvgIpc) is 2.53. The van der Waals surface area contributed by atoms with Crippen LogP contribution in [0, 0.1) is 0 Å². The van der Waals surface area contributed by atoms with Crippen molar-refractivity contribution < 1.29 is 14.3 Å². The predicted molar refractivity (Wildman–Crippen MR) is 61.9 cm³/mol. The van der Waals surface area contributed by atoms with Crippen molar-refractivity contribution in [1.82, 2.24) is 0 Å². The molecule has 1 aromatic carbocycles. The number of rotatable bonds is 2. The van der Waals surface area contributed by atoms with Crippen LogP contribution in [0.3, 0.4) is 0 Å². The molecule has 0 radical (unpaired) electrons. The summed E-state index contributed by atoms with van der Waals surface area (Å²) in [5.74, 6) is 1.39. The lowest BCUT2D eigenvalue weighted by Crippen LogP contribution is -1.97. The second kappa shape index (κ2) is 5.03. The fourth-order valence-electron chi connectivity index (χ4n) is 1.47. The van der Waals surface area contributed by atoms with E-state index in [1.165, 1.54) is 6.08 Å². The van der Waals surface area contributed by atoms with Crippen molar-refractivity contribution in [2.24, 2.45) is 0 Å². The molecule has 2 rings (SSSR count). The normalized spacial score (nSPS) is 15.4. The summed E-state index contributed by atoms with van der Waals surface area (Å²) in [5, 5.41) is 0.394. The van der Waals surface area contributed by atoms with Gasteiger partial charge in [0.2, 0.25) is 0 Å². The first-order valence-corrected chi connectivity index (χ1v) is 5.40. The monoisotopic (exact) mass is 238 g/mol. The fourth-order valence-corrected chi connectivity index (χ4v) is 1.64. The molecular formula is C12H11ClO3. The third kappa shape index (κ3) is 2.36. The van der Waals surface area contributed by atoms with E-state index in [4.69, 9.17) is 21.1 Å². The van der Waals surface area contributed by atoms with Crippen molar-refractivity contribution in [2.45, 2.75) is 6.42 Å². The Kier molecular flexibility index (Phi) is 3.47. The van der Waals surface area contributed by atoms with E-state index in [9.17, 15) is 4.79 Å². The van der Waals surface area contributed by atoms with Gasteiger partial charge in [-0.25, -0.2) is 0 Å². The zero-order valence-corrected chi connectivity index (χ0v) is 9.37. The van der Waals surface area contributed by atoms with Crippen molar-refractivity contribution >= 4 is 22.9 Å². The molecule has 0 fully saturated rings. The second-order valence-corrected chi connectivity index (χ2v) is 3.77. The van der Waals surface area contributed by atoms with Gasteiger partial charge in [-0.05, 0) is 29.8 Å². The molecule has 0 spiro atoms. The number of halogens is 1. The number of allylic oxidation sites excluding steroid dienone is 1. The molecule has 84 valence electrons. The molecule has 1 aromatic rings. The molecule has 0 saturated carbocycles. The molecule has 3 nitrogen and oxygen atoms in total. The number of benzene rings is 1. The number of hydrogen-bond acceptors (Lipinski definition) is 3. The minimum atomic E-state index is 0.394. The van der Waals surface area contributed by atoms with Crippen LogP contribution in [0.4, 0.5) is 0 Å². The second-order valence-electron chi connectivity index (χ2n) is 3.36. The van der Waals surface area contributed by atoms with E-state index in [-0.39, 0.29) is 0 Å². The van der Waals surface area contributed by atoms with E-state index < -0.39 is 0 Å². The fraction of sp³-hybridized carbons (Fsp3) is 0.250. The lowest BCUT2D eigenvalue weighted by molar-refractivity contribution is -0.104. The molecule has 0 unspecified atom stereocenters. The number of ether oxygens (including phenoxy) is 2. The van der Waals surface area contributed by atoms with Crippen molar-refractivity contribution in [3.05, 3.63) is 29.8 Å². The molecule has 0 N–H and O–H groups in total. The summed E-state index contributed by atoms with van der Waals surface area (Å²) in [6.45, 7) is 1.29. The van der Waals surface area contributed by atoms with Gasteiger partial charge in [0.05, 0.1) is 18.2 Å². The number of carbonyl (C=O) groups is 1. The summed E-state index contributed by atoms with van der Waals surface area (Å²) in [4.78, 5) is 10.3. The van der Waals surface area contributed by atoms with Crippen LogP contribution in [0.1, 0.15) is 12.0 Å². The van der Waals surface area contributed by atoms with Crippen LogP contribution in [0.25, 0.3) is 5.03 Å². The van der Waals surface area contributed by atoms with Crippen LogP contribution in [-0.2, 0) is 4.79 Å². The highest BCUT2D eigenvalue weighted by atomic mass is 35.5. The quantitative estimate of drug-likeness (QED) is 0.587. The smallest absolute Gasteiger partial charge is 0.161 e. The molecule has 1 aliphatic heterocycles. The van der Waals surface area contributed by atoms with E-state index >= 15 is 0 Å². The summed E-state index contributed by atoms with van der Waals surface area (Å²) in [6, 6.07) is 5.38. The number of hydrogen-bond donors (Lipinski definition) is 0. The average molecular weight is 239 g/mol. The van der Waals surface area contributed by atoms with Gasteiger partial charge in [0, 0.05) is 6.42 Å². The van der Waals surface area contributed by atoms with E-state index in [0.29, 0.717) is 30.3 Å². The summed E-state index contributed by atoms with van der Waals surface area (Å²) in [6.07, 6.45) is 2.83. The zero-order chi connectivity index (χ0) is 11.4. The van der Waals surface area contributed by atoms with Crippen LogP contribution in [0.15, 0.2) is 24.3 Å². The Morgan fingerprint density at radius 2 is 2.00 bits per heavy atom. The third-order valence-electron chi connectivity index (χ3n) is 2.24. The minimum absolute atomic E-state index is 0.394. The molecule has 16 heavy (non-hydrogen) atoms. The van der Waals surface area contributed by atoms with Gasteiger partial charge >= 0.3 is 0 Å². The molecule has 0 aliphatic carbocycles. The minimum Gasteiger partial charge on any atom is -0.490 e. The topological polar surface area (TPSA) is 35.5 Å². The molecule has 0 amide bonds. The van der Waals surface area contributed by atoms with E-state index in [1.54, 1.807) is 18.2 Å². The van der Waals surface area contributed by atoms with Gasteiger partial charge in [-0.15, -0.1) is 0 Å². The summed E-state index contributed by atoms with van der Waals surface area (Å²) < 4.78 is 11.0. The Bertz CT molecular complexity index is 426. The Morgan fingerprint density at radius 1 is 1.25 bits per heavy atom. The van der Waals surface area contributed by atoms with Crippen LogP contribution in [0.5, 0.6) is 11.5 Å². The molecule has 1 aliphatic rings. The maximum absolute atomic E-state index is 10.3. The van der Waals surface area contributed by atoms with Crippen molar-refractivity contribution in [3.63, 3.8) is 0 Å². The van der Waals surface area contributed by atoms with Gasteiger partial charge in [-0.2, -0.15) is 0 Å². The number of carbonyl (C=O) groups excluding carboxylic acids is 1. The van der Waals surface area contributed by atoms with E-state index in [2.05, 4.69) is 0 Å². The van der Waals surface area contributed by atoms with E-state index in [1.807, 2.05) is 0 Å². The number of fused-ring (bicyclic) bond motifs is 1. The molecular weight excluding hydrogens is 228 g/mol. The van der Waals surface area contributed by atoms with Crippen molar-refractivity contribution in [1.29, 1.82) is 0 Å². The Hall–Kier alpha value is -1.48. The van der Waals surface area contributed by atoms with Gasteiger partial charge in [0.15, 0.2) is 11.5 Å². The van der Waals surface area contributed by atoms with Crippen molar-refractivity contribution in [2.75, 3.05) is 13.2 Å². The highest BCUT2D eigenvalue weighted by Gasteiger charge is 2.11. The zero-order valence-electron chi connectivity index (χ0n) is 8.61. The SMILES string of the molecule is O=C/C=C(/Cl)c1ccc2c(c1)OCCCO2. The predicted octanol–water partition coefficient (Wildman–Crippen LogP) is 2.63. The Labute approximate surface area is 98.6 Å².